The largest absolute Gasteiger partial charge is 0.356 e. The third kappa shape index (κ3) is 3.53. The number of rotatable bonds is 5. The van der Waals surface area contributed by atoms with E-state index in [1.807, 2.05) is 65.3 Å². The minimum Gasteiger partial charge on any atom is -0.356 e. The first-order valence-corrected chi connectivity index (χ1v) is 10.1. The molecule has 6 nitrogen and oxygen atoms in total. The van der Waals surface area contributed by atoms with Gasteiger partial charge in [0, 0.05) is 17.4 Å². The number of para-hydroxylation sites is 2. The molecule has 0 bridgehead atoms. The molecule has 1 saturated carbocycles. The van der Waals surface area contributed by atoms with Gasteiger partial charge in [0.05, 0.1) is 17.8 Å². The Morgan fingerprint density at radius 1 is 1.07 bits per heavy atom. The third-order valence-corrected chi connectivity index (χ3v) is 5.55. The number of hydrogen-bond acceptors (Lipinski definition) is 4. The van der Waals surface area contributed by atoms with Crippen LogP contribution in [0.3, 0.4) is 0 Å². The van der Waals surface area contributed by atoms with Crippen LogP contribution in [0.5, 0.6) is 0 Å². The van der Waals surface area contributed by atoms with Crippen LogP contribution in [-0.2, 0) is 11.2 Å². The zero-order valence-electron chi connectivity index (χ0n) is 16.0. The molecule has 1 aliphatic carbocycles. The summed E-state index contributed by atoms with van der Waals surface area (Å²) in [7, 11) is 0. The van der Waals surface area contributed by atoms with Crippen LogP contribution >= 0.6 is 0 Å². The monoisotopic (exact) mass is 386 g/mol. The molecule has 1 fully saturated rings. The lowest BCUT2D eigenvalue weighted by molar-refractivity contribution is -0.115. The summed E-state index contributed by atoms with van der Waals surface area (Å²) in [5.74, 6) is 1.02. The van der Waals surface area contributed by atoms with Crippen LogP contribution in [0, 0.1) is 0 Å². The fourth-order valence-corrected chi connectivity index (χ4v) is 4.08. The van der Waals surface area contributed by atoms with E-state index in [1.54, 1.807) is 0 Å². The first kappa shape index (κ1) is 17.7. The SMILES string of the molecule is O=C(Cc1noc2ccccc12)Nc1cc(C2CCCC2)nn1-c1ccccc1. The zero-order valence-corrected chi connectivity index (χ0v) is 16.0. The Labute approximate surface area is 168 Å². The summed E-state index contributed by atoms with van der Waals surface area (Å²) in [6, 6.07) is 19.5. The maximum absolute atomic E-state index is 12.8. The molecule has 1 aliphatic rings. The molecular weight excluding hydrogens is 364 g/mol. The summed E-state index contributed by atoms with van der Waals surface area (Å²) in [4.78, 5) is 12.8. The Bertz CT molecular complexity index is 1140. The Hall–Kier alpha value is -3.41. The van der Waals surface area contributed by atoms with Crippen molar-refractivity contribution < 1.29 is 9.32 Å². The normalized spacial score (nSPS) is 14.5. The molecule has 1 amide bonds. The Kier molecular flexibility index (Phi) is 4.60. The lowest BCUT2D eigenvalue weighted by atomic mass is 10.0. The Balaban J connectivity index is 1.42. The number of nitrogens with one attached hydrogen (secondary N) is 1. The predicted octanol–water partition coefficient (Wildman–Crippen LogP) is 4.85. The Morgan fingerprint density at radius 2 is 1.83 bits per heavy atom. The summed E-state index contributed by atoms with van der Waals surface area (Å²) in [6.07, 6.45) is 4.94. The average molecular weight is 386 g/mol. The maximum Gasteiger partial charge on any atom is 0.231 e. The zero-order chi connectivity index (χ0) is 19.6. The smallest absolute Gasteiger partial charge is 0.231 e. The van der Waals surface area contributed by atoms with E-state index in [0.29, 0.717) is 23.0 Å². The van der Waals surface area contributed by atoms with Gasteiger partial charge in [-0.2, -0.15) is 5.10 Å². The van der Waals surface area contributed by atoms with E-state index in [9.17, 15) is 4.79 Å². The number of carbonyl (C=O) groups is 1. The van der Waals surface area contributed by atoms with Gasteiger partial charge in [-0.05, 0) is 37.1 Å². The first-order valence-electron chi connectivity index (χ1n) is 10.1. The second-order valence-electron chi connectivity index (χ2n) is 7.53. The molecule has 0 spiro atoms. The number of aromatic nitrogens is 3. The number of benzene rings is 2. The molecule has 0 radical (unpaired) electrons. The Morgan fingerprint density at radius 3 is 2.66 bits per heavy atom. The quantitative estimate of drug-likeness (QED) is 0.532. The van der Waals surface area contributed by atoms with E-state index in [2.05, 4.69) is 10.5 Å². The van der Waals surface area contributed by atoms with Crippen molar-refractivity contribution in [2.24, 2.45) is 0 Å². The van der Waals surface area contributed by atoms with Crippen LogP contribution in [0.4, 0.5) is 5.82 Å². The van der Waals surface area contributed by atoms with Crippen molar-refractivity contribution in [1.29, 1.82) is 0 Å². The predicted molar refractivity (Wildman–Crippen MR) is 111 cm³/mol. The summed E-state index contributed by atoms with van der Waals surface area (Å²) in [6.45, 7) is 0. The average Bonchev–Trinajstić information content (AvgIpc) is 3.49. The van der Waals surface area contributed by atoms with Gasteiger partial charge in [-0.25, -0.2) is 4.68 Å². The molecule has 0 saturated heterocycles. The minimum absolute atomic E-state index is 0.140. The van der Waals surface area contributed by atoms with Gasteiger partial charge in [0.2, 0.25) is 5.91 Å². The maximum atomic E-state index is 12.8. The highest BCUT2D eigenvalue weighted by Crippen LogP contribution is 2.35. The summed E-state index contributed by atoms with van der Waals surface area (Å²) >= 11 is 0. The van der Waals surface area contributed by atoms with Crippen LogP contribution in [0.2, 0.25) is 0 Å². The first-order chi connectivity index (χ1) is 14.3. The summed E-state index contributed by atoms with van der Waals surface area (Å²) < 4.78 is 7.14. The molecule has 6 heteroatoms. The fourth-order valence-electron chi connectivity index (χ4n) is 4.08. The van der Waals surface area contributed by atoms with Crippen LogP contribution in [0.25, 0.3) is 16.7 Å². The standard InChI is InChI=1S/C23H22N4O2/c28-23(15-20-18-12-6-7-13-21(18)29-26-20)24-22-14-19(16-8-4-5-9-16)25-27(22)17-10-2-1-3-11-17/h1-3,6-7,10-14,16H,4-5,8-9,15H2,(H,24,28). The molecule has 0 aliphatic heterocycles. The number of amides is 1. The van der Waals surface area contributed by atoms with Crippen molar-refractivity contribution in [3.63, 3.8) is 0 Å². The second-order valence-corrected chi connectivity index (χ2v) is 7.53. The van der Waals surface area contributed by atoms with E-state index in [1.165, 1.54) is 12.8 Å². The van der Waals surface area contributed by atoms with Crippen molar-refractivity contribution in [1.82, 2.24) is 14.9 Å². The number of hydrogen-bond donors (Lipinski definition) is 1. The van der Waals surface area contributed by atoms with Gasteiger partial charge in [-0.1, -0.05) is 48.3 Å². The van der Waals surface area contributed by atoms with Crippen LogP contribution in [0.15, 0.2) is 65.2 Å². The number of carbonyl (C=O) groups excluding carboxylic acids is 1. The van der Waals surface area contributed by atoms with Crippen LogP contribution < -0.4 is 5.32 Å². The van der Waals surface area contributed by atoms with Crippen LogP contribution in [0.1, 0.15) is 43.0 Å². The second kappa shape index (κ2) is 7.54. The molecule has 0 atom stereocenters. The molecule has 2 aromatic heterocycles. The van der Waals surface area contributed by atoms with E-state index in [4.69, 9.17) is 9.62 Å². The van der Waals surface area contributed by atoms with Crippen molar-refractivity contribution in [3.05, 3.63) is 72.1 Å². The van der Waals surface area contributed by atoms with Gasteiger partial charge < -0.3 is 9.84 Å². The number of nitrogens with zero attached hydrogens (tertiary/aromatic N) is 3. The van der Waals surface area contributed by atoms with Gasteiger partial charge in [0.25, 0.3) is 0 Å². The number of fused-ring (bicyclic) bond motifs is 1. The minimum atomic E-state index is -0.140. The highest BCUT2D eigenvalue weighted by molar-refractivity contribution is 5.94. The highest BCUT2D eigenvalue weighted by Gasteiger charge is 2.23. The van der Waals surface area contributed by atoms with Crippen molar-refractivity contribution in [2.45, 2.75) is 38.0 Å². The topological polar surface area (TPSA) is 73.0 Å². The van der Waals surface area contributed by atoms with Gasteiger partial charge in [-0.15, -0.1) is 0 Å². The van der Waals surface area contributed by atoms with Crippen molar-refractivity contribution >= 4 is 22.7 Å². The molecular formula is C23H22N4O2. The number of anilines is 1. The van der Waals surface area contributed by atoms with Gasteiger partial charge in [0.1, 0.15) is 11.5 Å². The molecule has 2 aromatic carbocycles. The van der Waals surface area contributed by atoms with E-state index < -0.39 is 0 Å². The van der Waals surface area contributed by atoms with E-state index in [0.717, 1.165) is 29.6 Å². The molecule has 5 rings (SSSR count). The summed E-state index contributed by atoms with van der Waals surface area (Å²) in [5.41, 5.74) is 3.31. The molecule has 146 valence electrons. The van der Waals surface area contributed by atoms with Gasteiger partial charge >= 0.3 is 0 Å². The van der Waals surface area contributed by atoms with Crippen LogP contribution in [-0.4, -0.2) is 20.8 Å². The molecule has 29 heavy (non-hydrogen) atoms. The third-order valence-electron chi connectivity index (χ3n) is 5.55. The molecule has 4 aromatic rings. The van der Waals surface area contributed by atoms with Crippen molar-refractivity contribution in [2.75, 3.05) is 5.32 Å². The van der Waals surface area contributed by atoms with Gasteiger partial charge in [-0.3, -0.25) is 4.79 Å². The van der Waals surface area contributed by atoms with Gasteiger partial charge in [0.15, 0.2) is 5.58 Å². The highest BCUT2D eigenvalue weighted by atomic mass is 16.5. The molecule has 2 heterocycles. The fraction of sp³-hybridized carbons (Fsp3) is 0.261. The van der Waals surface area contributed by atoms with Crippen molar-refractivity contribution in [3.8, 4) is 5.69 Å². The summed E-state index contributed by atoms with van der Waals surface area (Å²) in [5, 5.41) is 12.8. The lowest BCUT2D eigenvalue weighted by Crippen LogP contribution is -2.17. The molecule has 0 unspecified atom stereocenters. The molecule has 1 N–H and O–H groups in total. The van der Waals surface area contributed by atoms with E-state index in [-0.39, 0.29) is 12.3 Å². The van der Waals surface area contributed by atoms with E-state index >= 15 is 0 Å². The lowest BCUT2D eigenvalue weighted by Gasteiger charge is -2.08.